The van der Waals surface area contributed by atoms with E-state index >= 15 is 0 Å². The van der Waals surface area contributed by atoms with E-state index in [9.17, 15) is 10.1 Å². The van der Waals surface area contributed by atoms with Gasteiger partial charge in [-0.15, -0.1) is 4.91 Å². The van der Waals surface area contributed by atoms with Crippen molar-refractivity contribution in [1.29, 1.82) is 0 Å². The minimum Gasteiger partial charge on any atom is -0.597 e. The summed E-state index contributed by atoms with van der Waals surface area (Å²) in [7, 11) is 0. The van der Waals surface area contributed by atoms with Crippen LogP contribution >= 0.6 is 0 Å². The van der Waals surface area contributed by atoms with Crippen LogP contribution in [0.4, 0.5) is 0 Å². The number of nitrogens with zero attached hydrogens (tertiary/aromatic N) is 3. The molecular formula is C7H14N4O2. The first-order chi connectivity index (χ1) is 6.22. The van der Waals surface area contributed by atoms with Gasteiger partial charge in [-0.2, -0.15) is 5.84 Å². The van der Waals surface area contributed by atoms with Gasteiger partial charge in [0, 0.05) is 19.5 Å². The standard InChI is InChI=1S/C7H14N4O2/c8-11(13)6-3-7-1-4-10(9-12)5-2-7/h6-7H,1-5,8H2/b11-6+. The first-order valence-electron chi connectivity index (χ1n) is 4.35. The van der Waals surface area contributed by atoms with Crippen molar-refractivity contribution in [2.45, 2.75) is 19.3 Å². The highest BCUT2D eigenvalue weighted by molar-refractivity contribution is 5.51. The average molecular weight is 186 g/mol. The van der Waals surface area contributed by atoms with Crippen molar-refractivity contribution in [1.82, 2.24) is 5.01 Å². The van der Waals surface area contributed by atoms with E-state index in [1.807, 2.05) is 0 Å². The van der Waals surface area contributed by atoms with Crippen LogP contribution in [0.1, 0.15) is 19.3 Å². The molecule has 0 aromatic heterocycles. The highest BCUT2D eigenvalue weighted by Crippen LogP contribution is 2.19. The molecule has 0 radical (unpaired) electrons. The van der Waals surface area contributed by atoms with Crippen LogP contribution < -0.4 is 5.84 Å². The van der Waals surface area contributed by atoms with Gasteiger partial charge in [0.15, 0.2) is 6.21 Å². The fraction of sp³-hybridized carbons (Fsp3) is 0.857. The molecular weight excluding hydrogens is 172 g/mol. The van der Waals surface area contributed by atoms with Crippen molar-refractivity contribution in [2.24, 2.45) is 17.0 Å². The number of hydrogen-bond donors (Lipinski definition) is 1. The highest BCUT2D eigenvalue weighted by Gasteiger charge is 2.18. The molecule has 74 valence electrons. The maximum Gasteiger partial charge on any atom is 0.183 e. The first kappa shape index (κ1) is 9.76. The normalized spacial score (nSPS) is 20.3. The predicted molar refractivity (Wildman–Crippen MR) is 48.6 cm³/mol. The third-order valence-corrected chi connectivity index (χ3v) is 2.33. The van der Waals surface area contributed by atoms with E-state index in [2.05, 4.69) is 5.29 Å². The van der Waals surface area contributed by atoms with Crippen LogP contribution in [0.25, 0.3) is 0 Å². The Kier molecular flexibility index (Phi) is 3.48. The monoisotopic (exact) mass is 186 g/mol. The SMILES string of the molecule is N/[N+]([O-])=C\CC1CCN(N=O)CC1. The fourth-order valence-electron chi connectivity index (χ4n) is 1.49. The van der Waals surface area contributed by atoms with Gasteiger partial charge in [-0.1, -0.05) is 4.85 Å². The molecule has 1 aliphatic heterocycles. The molecule has 0 aliphatic carbocycles. The molecule has 0 unspecified atom stereocenters. The predicted octanol–water partition coefficient (Wildman–Crippen LogP) is 0.225. The number of hydrogen-bond acceptors (Lipinski definition) is 4. The molecule has 1 aliphatic rings. The van der Waals surface area contributed by atoms with Gasteiger partial charge >= 0.3 is 0 Å². The number of piperidine rings is 1. The summed E-state index contributed by atoms with van der Waals surface area (Å²) in [5.74, 6) is 5.36. The van der Waals surface area contributed by atoms with E-state index in [-0.39, 0.29) is 0 Å². The Bertz CT molecular complexity index is 195. The fourth-order valence-corrected chi connectivity index (χ4v) is 1.49. The van der Waals surface area contributed by atoms with Crippen LogP contribution in [0.15, 0.2) is 5.29 Å². The van der Waals surface area contributed by atoms with Crippen molar-refractivity contribution in [3.63, 3.8) is 0 Å². The topological polar surface area (TPSA) is 84.8 Å². The molecule has 13 heavy (non-hydrogen) atoms. The lowest BCUT2D eigenvalue weighted by atomic mass is 9.95. The lowest BCUT2D eigenvalue weighted by molar-refractivity contribution is -0.465. The Balaban J connectivity index is 2.25. The second-order valence-corrected chi connectivity index (χ2v) is 3.26. The Labute approximate surface area is 76.5 Å². The highest BCUT2D eigenvalue weighted by atomic mass is 16.5. The lowest BCUT2D eigenvalue weighted by Crippen LogP contribution is -2.29. The molecule has 0 amide bonds. The summed E-state index contributed by atoms with van der Waals surface area (Å²) in [5, 5.41) is 14.7. The van der Waals surface area contributed by atoms with E-state index < -0.39 is 0 Å². The number of rotatable bonds is 3. The zero-order chi connectivity index (χ0) is 9.68. The minimum atomic E-state index is 0.338. The quantitative estimate of drug-likeness (QED) is 0.171. The third kappa shape index (κ3) is 3.27. The molecule has 6 nitrogen and oxygen atoms in total. The number of hydrazine groups is 1. The summed E-state index contributed by atoms with van der Waals surface area (Å²) in [6.07, 6.45) is 3.91. The molecule has 0 spiro atoms. The summed E-state index contributed by atoms with van der Waals surface area (Å²) in [5.41, 5.74) is 0. The average Bonchev–Trinajstić information content (AvgIpc) is 2.15. The summed E-state index contributed by atoms with van der Waals surface area (Å²) >= 11 is 0. The number of hydrazone groups is 1. The third-order valence-electron chi connectivity index (χ3n) is 2.33. The van der Waals surface area contributed by atoms with Gasteiger partial charge in [0.25, 0.3) is 0 Å². The van der Waals surface area contributed by atoms with E-state index in [1.165, 1.54) is 11.2 Å². The molecule has 0 saturated carbocycles. The lowest BCUT2D eigenvalue weighted by Gasteiger charge is -2.26. The molecule has 6 heteroatoms. The van der Waals surface area contributed by atoms with Gasteiger partial charge in [-0.25, -0.2) is 0 Å². The van der Waals surface area contributed by atoms with Crippen LogP contribution in [0, 0.1) is 16.0 Å². The molecule has 0 bridgehead atoms. The van der Waals surface area contributed by atoms with E-state index in [4.69, 9.17) is 5.84 Å². The van der Waals surface area contributed by atoms with Gasteiger partial charge < -0.3 is 5.21 Å². The van der Waals surface area contributed by atoms with E-state index in [0.717, 1.165) is 12.8 Å². The van der Waals surface area contributed by atoms with Gasteiger partial charge in [0.05, 0.1) is 5.29 Å². The Morgan fingerprint density at radius 2 is 2.23 bits per heavy atom. The largest absolute Gasteiger partial charge is 0.597 e. The van der Waals surface area contributed by atoms with Crippen LogP contribution in [-0.4, -0.2) is 29.2 Å². The maximum atomic E-state index is 10.4. The van der Waals surface area contributed by atoms with Crippen LogP contribution in [0.3, 0.4) is 0 Å². The van der Waals surface area contributed by atoms with Gasteiger partial charge in [-0.3, -0.25) is 5.01 Å². The van der Waals surface area contributed by atoms with E-state index in [1.54, 1.807) is 0 Å². The van der Waals surface area contributed by atoms with Crippen molar-refractivity contribution in [3.8, 4) is 0 Å². The van der Waals surface area contributed by atoms with Gasteiger partial charge in [0.1, 0.15) is 0 Å². The number of nitroso groups, excluding NO2 is 1. The molecule has 1 heterocycles. The van der Waals surface area contributed by atoms with E-state index in [0.29, 0.717) is 30.3 Å². The number of nitrogens with two attached hydrogens (primary N) is 1. The van der Waals surface area contributed by atoms with Crippen molar-refractivity contribution in [3.05, 3.63) is 10.1 Å². The summed E-state index contributed by atoms with van der Waals surface area (Å²) < 4.78 is 0. The summed E-state index contributed by atoms with van der Waals surface area (Å²) in [6, 6.07) is 0. The zero-order valence-electron chi connectivity index (χ0n) is 7.43. The summed E-state index contributed by atoms with van der Waals surface area (Å²) in [4.78, 5) is 10.5. The van der Waals surface area contributed by atoms with Crippen molar-refractivity contribution < 1.29 is 4.85 Å². The Morgan fingerprint density at radius 3 is 2.69 bits per heavy atom. The van der Waals surface area contributed by atoms with Crippen molar-refractivity contribution >= 4 is 6.21 Å². The molecule has 0 aromatic carbocycles. The van der Waals surface area contributed by atoms with Crippen LogP contribution in [0.5, 0.6) is 0 Å². The second kappa shape index (κ2) is 4.64. The zero-order valence-corrected chi connectivity index (χ0v) is 7.43. The molecule has 0 atom stereocenters. The minimum absolute atomic E-state index is 0.338. The van der Waals surface area contributed by atoms with Gasteiger partial charge in [-0.05, 0) is 18.8 Å². The Hall–Kier alpha value is -1.33. The molecule has 2 N–H and O–H groups in total. The molecule has 1 rings (SSSR count). The molecule has 1 saturated heterocycles. The van der Waals surface area contributed by atoms with Crippen LogP contribution in [0.2, 0.25) is 0 Å². The maximum absolute atomic E-state index is 10.4. The second-order valence-electron chi connectivity index (χ2n) is 3.26. The van der Waals surface area contributed by atoms with Crippen LogP contribution in [-0.2, 0) is 0 Å². The van der Waals surface area contributed by atoms with Crippen molar-refractivity contribution in [2.75, 3.05) is 13.1 Å². The molecule has 1 fully saturated rings. The smallest absolute Gasteiger partial charge is 0.183 e. The molecule has 0 aromatic rings. The summed E-state index contributed by atoms with van der Waals surface area (Å²) in [6.45, 7) is 1.37. The first-order valence-corrected chi connectivity index (χ1v) is 4.35. The Morgan fingerprint density at radius 1 is 1.62 bits per heavy atom. The van der Waals surface area contributed by atoms with Gasteiger partial charge in [0.2, 0.25) is 0 Å².